The van der Waals surface area contributed by atoms with Crippen molar-refractivity contribution in [1.29, 1.82) is 0 Å². The van der Waals surface area contributed by atoms with E-state index in [1.807, 2.05) is 28.8 Å². The molecule has 0 saturated carbocycles. The lowest BCUT2D eigenvalue weighted by atomic mass is 10.1. The molecular weight excluding hydrogens is 434 g/mol. The van der Waals surface area contributed by atoms with Gasteiger partial charge in [0.15, 0.2) is 20.8 Å². The lowest BCUT2D eigenvalue weighted by Crippen LogP contribution is -2.36. The summed E-state index contributed by atoms with van der Waals surface area (Å²) in [5.74, 6) is 0.709. The zero-order valence-corrected chi connectivity index (χ0v) is 18.7. The normalized spacial score (nSPS) is 17.5. The first-order chi connectivity index (χ1) is 14.9. The molecule has 162 valence electrons. The Bertz CT molecular complexity index is 1160. The van der Waals surface area contributed by atoms with E-state index >= 15 is 0 Å². The Labute approximate surface area is 185 Å². The van der Waals surface area contributed by atoms with Crippen molar-refractivity contribution < 1.29 is 13.2 Å². The van der Waals surface area contributed by atoms with Gasteiger partial charge in [-0.15, -0.1) is 10.2 Å². The number of nitrogens with one attached hydrogen (secondary N) is 1. The molecule has 0 bridgehead atoms. The van der Waals surface area contributed by atoms with E-state index in [4.69, 9.17) is 0 Å². The molecule has 1 N–H and O–H groups in total. The van der Waals surface area contributed by atoms with E-state index in [0.717, 1.165) is 17.7 Å². The second-order valence-electron chi connectivity index (χ2n) is 7.35. The third-order valence-corrected chi connectivity index (χ3v) is 7.80. The average Bonchev–Trinajstić information content (AvgIpc) is 3.35. The van der Waals surface area contributed by atoms with Gasteiger partial charge < -0.3 is 5.32 Å². The van der Waals surface area contributed by atoms with Crippen LogP contribution in [-0.4, -0.2) is 57.4 Å². The number of carbonyl (C=O) groups is 1. The molecule has 3 heterocycles. The number of aromatic nitrogens is 4. The molecule has 1 aromatic carbocycles. The molecule has 1 fully saturated rings. The van der Waals surface area contributed by atoms with Crippen LogP contribution in [0.25, 0.3) is 17.1 Å². The third-order valence-electron chi connectivity index (χ3n) is 5.10. The Morgan fingerprint density at radius 2 is 1.90 bits per heavy atom. The molecule has 1 aliphatic heterocycles. The minimum atomic E-state index is -3.04. The van der Waals surface area contributed by atoms with Gasteiger partial charge in [0.1, 0.15) is 0 Å². The third kappa shape index (κ3) is 5.13. The highest BCUT2D eigenvalue weighted by atomic mass is 32.2. The molecule has 8 nitrogen and oxygen atoms in total. The van der Waals surface area contributed by atoms with Crippen LogP contribution >= 0.6 is 11.8 Å². The minimum Gasteiger partial charge on any atom is -0.352 e. The van der Waals surface area contributed by atoms with Crippen molar-refractivity contribution in [3.63, 3.8) is 0 Å². The van der Waals surface area contributed by atoms with E-state index in [0.29, 0.717) is 17.4 Å². The van der Waals surface area contributed by atoms with Gasteiger partial charge in [0, 0.05) is 29.7 Å². The maximum Gasteiger partial charge on any atom is 0.230 e. The smallest absolute Gasteiger partial charge is 0.230 e. The number of rotatable bonds is 7. The number of hydrogen-bond donors (Lipinski definition) is 1. The molecular formula is C21H23N5O3S2. The van der Waals surface area contributed by atoms with Crippen LogP contribution in [0, 0.1) is 0 Å². The zero-order valence-electron chi connectivity index (χ0n) is 17.1. The zero-order chi connectivity index (χ0) is 21.8. The molecule has 3 aromatic rings. The molecule has 1 amide bonds. The number of amides is 1. The molecule has 0 aliphatic carbocycles. The Balaban J connectivity index is 1.55. The standard InChI is InChI=1S/C21H23N5O3S2/c1-2-15-3-5-18(6-4-15)26-20(16-7-10-22-11-8-16)24-25-21(26)30-13-19(27)23-17-9-12-31(28,29)14-17/h3-8,10-11,17H,2,9,12-14H2,1H3,(H,23,27). The fraction of sp³-hybridized carbons (Fsp3) is 0.333. The Morgan fingerprint density at radius 3 is 2.55 bits per heavy atom. The molecule has 10 heteroatoms. The van der Waals surface area contributed by atoms with Crippen LogP contribution in [0.5, 0.6) is 0 Å². The van der Waals surface area contributed by atoms with Gasteiger partial charge >= 0.3 is 0 Å². The quantitative estimate of drug-likeness (QED) is 0.543. The van der Waals surface area contributed by atoms with Crippen molar-refractivity contribution in [2.24, 2.45) is 0 Å². The van der Waals surface area contributed by atoms with E-state index in [9.17, 15) is 13.2 Å². The molecule has 0 radical (unpaired) electrons. The van der Waals surface area contributed by atoms with Crippen molar-refractivity contribution in [2.75, 3.05) is 17.3 Å². The predicted molar refractivity (Wildman–Crippen MR) is 120 cm³/mol. The summed E-state index contributed by atoms with van der Waals surface area (Å²) >= 11 is 1.27. The fourth-order valence-corrected chi connectivity index (χ4v) is 5.91. The fourth-order valence-electron chi connectivity index (χ4n) is 3.47. The molecule has 1 atom stereocenters. The molecule has 0 spiro atoms. The van der Waals surface area contributed by atoms with Crippen molar-refractivity contribution in [3.8, 4) is 17.1 Å². The van der Waals surface area contributed by atoms with Gasteiger partial charge in [-0.1, -0.05) is 30.8 Å². The number of sulfone groups is 1. The first-order valence-electron chi connectivity index (χ1n) is 10.0. The van der Waals surface area contributed by atoms with Crippen LogP contribution < -0.4 is 5.32 Å². The summed E-state index contributed by atoms with van der Waals surface area (Å²) in [6.45, 7) is 2.10. The topological polar surface area (TPSA) is 107 Å². The van der Waals surface area contributed by atoms with Gasteiger partial charge in [0.25, 0.3) is 0 Å². The van der Waals surface area contributed by atoms with Crippen LogP contribution in [0.15, 0.2) is 53.9 Å². The molecule has 1 aliphatic rings. The van der Waals surface area contributed by atoms with E-state index in [-0.39, 0.29) is 29.2 Å². The first kappa shape index (κ1) is 21.5. The van der Waals surface area contributed by atoms with Crippen LogP contribution in [0.1, 0.15) is 18.9 Å². The minimum absolute atomic E-state index is 0.00948. The van der Waals surface area contributed by atoms with Crippen molar-refractivity contribution in [2.45, 2.75) is 31.0 Å². The highest BCUT2D eigenvalue weighted by Gasteiger charge is 2.29. The summed E-state index contributed by atoms with van der Waals surface area (Å²) in [7, 11) is -3.04. The second kappa shape index (κ2) is 9.19. The van der Waals surface area contributed by atoms with Crippen LogP contribution in [0.3, 0.4) is 0 Å². The molecule has 31 heavy (non-hydrogen) atoms. The Kier molecular flexibility index (Phi) is 6.38. The van der Waals surface area contributed by atoms with Gasteiger partial charge in [0.05, 0.1) is 17.3 Å². The largest absolute Gasteiger partial charge is 0.352 e. The van der Waals surface area contributed by atoms with Crippen LogP contribution in [0.2, 0.25) is 0 Å². The van der Waals surface area contributed by atoms with Crippen LogP contribution in [-0.2, 0) is 21.1 Å². The summed E-state index contributed by atoms with van der Waals surface area (Å²) in [6, 6.07) is 11.6. The molecule has 1 saturated heterocycles. The van der Waals surface area contributed by atoms with Crippen molar-refractivity contribution >= 4 is 27.5 Å². The predicted octanol–water partition coefficient (Wildman–Crippen LogP) is 2.29. The number of nitrogens with zero attached hydrogens (tertiary/aromatic N) is 4. The average molecular weight is 458 g/mol. The van der Waals surface area contributed by atoms with Gasteiger partial charge in [-0.3, -0.25) is 14.3 Å². The number of aryl methyl sites for hydroxylation is 1. The highest BCUT2D eigenvalue weighted by molar-refractivity contribution is 7.99. The number of hydrogen-bond acceptors (Lipinski definition) is 7. The maximum absolute atomic E-state index is 12.4. The van der Waals surface area contributed by atoms with E-state index in [1.54, 1.807) is 12.4 Å². The van der Waals surface area contributed by atoms with Crippen molar-refractivity contribution in [3.05, 3.63) is 54.4 Å². The lowest BCUT2D eigenvalue weighted by Gasteiger charge is -2.12. The van der Waals surface area contributed by atoms with Crippen molar-refractivity contribution in [1.82, 2.24) is 25.1 Å². The summed E-state index contributed by atoms with van der Waals surface area (Å²) in [4.78, 5) is 16.5. The van der Waals surface area contributed by atoms with Gasteiger partial charge in [-0.05, 0) is 42.7 Å². The first-order valence-corrected chi connectivity index (χ1v) is 12.8. The van der Waals surface area contributed by atoms with Gasteiger partial charge in [-0.25, -0.2) is 8.42 Å². The number of benzene rings is 1. The van der Waals surface area contributed by atoms with Crippen LogP contribution in [0.4, 0.5) is 0 Å². The van der Waals surface area contributed by atoms with E-state index in [2.05, 4.69) is 39.6 Å². The number of pyridine rings is 1. The summed E-state index contributed by atoms with van der Waals surface area (Å²) in [6.07, 6.45) is 4.80. The summed E-state index contributed by atoms with van der Waals surface area (Å²) in [5.41, 5.74) is 3.00. The lowest BCUT2D eigenvalue weighted by molar-refractivity contribution is -0.119. The maximum atomic E-state index is 12.4. The summed E-state index contributed by atoms with van der Waals surface area (Å²) < 4.78 is 25.1. The Morgan fingerprint density at radius 1 is 1.16 bits per heavy atom. The van der Waals surface area contributed by atoms with E-state index < -0.39 is 9.84 Å². The SMILES string of the molecule is CCc1ccc(-n2c(SCC(=O)NC3CCS(=O)(=O)C3)nnc2-c2ccncc2)cc1. The van der Waals surface area contributed by atoms with E-state index in [1.165, 1.54) is 17.3 Å². The molecule has 1 unspecified atom stereocenters. The van der Waals surface area contributed by atoms with Gasteiger partial charge in [0.2, 0.25) is 5.91 Å². The Hall–Kier alpha value is -2.72. The van der Waals surface area contributed by atoms with Gasteiger partial charge in [-0.2, -0.15) is 0 Å². The molecule has 4 rings (SSSR count). The molecule has 2 aromatic heterocycles. The second-order valence-corrected chi connectivity index (χ2v) is 10.5. The number of carbonyl (C=O) groups excluding carboxylic acids is 1. The monoisotopic (exact) mass is 457 g/mol. The summed E-state index contributed by atoms with van der Waals surface area (Å²) in [5, 5.41) is 12.1. The number of thioether (sulfide) groups is 1. The highest BCUT2D eigenvalue weighted by Crippen LogP contribution is 2.28.